The standard InChI is InChI=1S/C19H20N2O2/c1-22-12-7-8-15(17(11-12)23-2)18-19-14(9-10-20-18)13-5-3-4-6-16(13)21-19/h3-8,11,18,20-21H,9-10H2,1-2H3/t18-/m0/s1. The number of hydrogen-bond acceptors (Lipinski definition) is 3. The number of benzene rings is 2. The van der Waals surface area contributed by atoms with Crippen LogP contribution in [0.2, 0.25) is 0 Å². The molecule has 3 aromatic rings. The molecule has 4 nitrogen and oxygen atoms in total. The molecule has 4 heteroatoms. The highest BCUT2D eigenvalue weighted by molar-refractivity contribution is 5.85. The van der Waals surface area contributed by atoms with Crippen LogP contribution in [0.25, 0.3) is 10.9 Å². The number of aromatic amines is 1. The van der Waals surface area contributed by atoms with Gasteiger partial charge < -0.3 is 19.8 Å². The number of ether oxygens (including phenoxy) is 2. The Morgan fingerprint density at radius 2 is 1.91 bits per heavy atom. The number of H-pyrrole nitrogens is 1. The summed E-state index contributed by atoms with van der Waals surface area (Å²) in [5.41, 5.74) is 4.96. The zero-order chi connectivity index (χ0) is 15.8. The average Bonchev–Trinajstić information content (AvgIpc) is 3.00. The van der Waals surface area contributed by atoms with Gasteiger partial charge in [-0.1, -0.05) is 18.2 Å². The lowest BCUT2D eigenvalue weighted by Gasteiger charge is -2.26. The lowest BCUT2D eigenvalue weighted by molar-refractivity contribution is 0.386. The molecule has 0 unspecified atom stereocenters. The molecule has 1 atom stereocenters. The summed E-state index contributed by atoms with van der Waals surface area (Å²) in [5.74, 6) is 1.65. The molecule has 0 saturated heterocycles. The lowest BCUT2D eigenvalue weighted by atomic mass is 9.93. The molecule has 0 saturated carbocycles. The number of para-hydroxylation sites is 1. The van der Waals surface area contributed by atoms with Gasteiger partial charge in [0.2, 0.25) is 0 Å². The van der Waals surface area contributed by atoms with E-state index in [1.54, 1.807) is 14.2 Å². The fourth-order valence-electron chi connectivity index (χ4n) is 3.50. The van der Waals surface area contributed by atoms with E-state index in [1.807, 2.05) is 12.1 Å². The third-order valence-electron chi connectivity index (χ3n) is 4.61. The molecule has 118 valence electrons. The Labute approximate surface area is 135 Å². The third kappa shape index (κ3) is 2.26. The van der Waals surface area contributed by atoms with Gasteiger partial charge in [-0.3, -0.25) is 0 Å². The quantitative estimate of drug-likeness (QED) is 0.779. The first-order valence-corrected chi connectivity index (χ1v) is 7.86. The van der Waals surface area contributed by atoms with Crippen molar-refractivity contribution in [2.45, 2.75) is 12.5 Å². The molecule has 1 aliphatic heterocycles. The van der Waals surface area contributed by atoms with Gasteiger partial charge in [0.15, 0.2) is 0 Å². The van der Waals surface area contributed by atoms with Crippen molar-refractivity contribution in [1.82, 2.24) is 10.3 Å². The average molecular weight is 308 g/mol. The fourth-order valence-corrected chi connectivity index (χ4v) is 3.50. The Kier molecular flexibility index (Phi) is 3.46. The number of methoxy groups -OCH3 is 2. The Morgan fingerprint density at radius 3 is 2.74 bits per heavy atom. The van der Waals surface area contributed by atoms with E-state index < -0.39 is 0 Å². The van der Waals surface area contributed by atoms with Crippen molar-refractivity contribution in [3.8, 4) is 11.5 Å². The van der Waals surface area contributed by atoms with E-state index in [1.165, 1.54) is 22.2 Å². The molecule has 0 aliphatic carbocycles. The highest BCUT2D eigenvalue weighted by atomic mass is 16.5. The van der Waals surface area contributed by atoms with Crippen LogP contribution in [0.4, 0.5) is 0 Å². The molecule has 23 heavy (non-hydrogen) atoms. The number of aromatic nitrogens is 1. The van der Waals surface area contributed by atoms with E-state index in [-0.39, 0.29) is 6.04 Å². The van der Waals surface area contributed by atoms with Gasteiger partial charge in [0, 0.05) is 34.8 Å². The zero-order valence-electron chi connectivity index (χ0n) is 13.3. The molecular formula is C19H20N2O2. The summed E-state index contributed by atoms with van der Waals surface area (Å²) in [4.78, 5) is 3.60. The molecule has 4 rings (SSSR count). The Morgan fingerprint density at radius 1 is 1.04 bits per heavy atom. The maximum atomic E-state index is 5.60. The van der Waals surface area contributed by atoms with Gasteiger partial charge in [-0.2, -0.15) is 0 Å². The van der Waals surface area contributed by atoms with Crippen molar-refractivity contribution < 1.29 is 9.47 Å². The SMILES string of the molecule is COc1ccc([C@@H]2NCCc3c2[nH]c2ccccc32)c(OC)c1. The predicted octanol–water partition coefficient (Wildman–Crippen LogP) is 3.42. The topological polar surface area (TPSA) is 46.3 Å². The lowest BCUT2D eigenvalue weighted by Crippen LogP contribution is -2.30. The molecule has 2 aromatic carbocycles. The number of fused-ring (bicyclic) bond motifs is 3. The van der Waals surface area contributed by atoms with Crippen molar-refractivity contribution in [3.63, 3.8) is 0 Å². The minimum atomic E-state index is 0.104. The first-order chi connectivity index (χ1) is 11.3. The van der Waals surface area contributed by atoms with E-state index in [0.717, 1.165) is 30.0 Å². The van der Waals surface area contributed by atoms with Crippen LogP contribution in [0.15, 0.2) is 42.5 Å². The van der Waals surface area contributed by atoms with E-state index >= 15 is 0 Å². The summed E-state index contributed by atoms with van der Waals surface area (Å²) in [6.45, 7) is 0.953. The van der Waals surface area contributed by atoms with Crippen molar-refractivity contribution in [3.05, 3.63) is 59.3 Å². The summed E-state index contributed by atoms with van der Waals surface area (Å²) >= 11 is 0. The maximum Gasteiger partial charge on any atom is 0.127 e. The van der Waals surface area contributed by atoms with Gasteiger partial charge in [-0.25, -0.2) is 0 Å². The largest absolute Gasteiger partial charge is 0.497 e. The zero-order valence-corrected chi connectivity index (χ0v) is 13.3. The molecule has 1 aliphatic rings. The van der Waals surface area contributed by atoms with Crippen LogP contribution in [0.5, 0.6) is 11.5 Å². The van der Waals surface area contributed by atoms with Gasteiger partial charge in [-0.05, 0) is 30.2 Å². The van der Waals surface area contributed by atoms with E-state index in [2.05, 4.69) is 40.6 Å². The van der Waals surface area contributed by atoms with Gasteiger partial charge in [0.25, 0.3) is 0 Å². The summed E-state index contributed by atoms with van der Waals surface area (Å²) in [6, 6.07) is 14.6. The van der Waals surface area contributed by atoms with E-state index in [0.29, 0.717) is 0 Å². The van der Waals surface area contributed by atoms with Gasteiger partial charge in [-0.15, -0.1) is 0 Å². The van der Waals surface area contributed by atoms with Crippen LogP contribution in [-0.4, -0.2) is 25.7 Å². The van der Waals surface area contributed by atoms with Gasteiger partial charge in [0.1, 0.15) is 11.5 Å². The van der Waals surface area contributed by atoms with Crippen LogP contribution in [0.3, 0.4) is 0 Å². The predicted molar refractivity (Wildman–Crippen MR) is 91.4 cm³/mol. The second kappa shape index (κ2) is 5.63. The van der Waals surface area contributed by atoms with Gasteiger partial charge >= 0.3 is 0 Å². The minimum absolute atomic E-state index is 0.104. The first-order valence-electron chi connectivity index (χ1n) is 7.86. The molecule has 0 spiro atoms. The minimum Gasteiger partial charge on any atom is -0.497 e. The van der Waals surface area contributed by atoms with Crippen LogP contribution in [0, 0.1) is 0 Å². The molecule has 2 N–H and O–H groups in total. The summed E-state index contributed by atoms with van der Waals surface area (Å²) in [6.07, 6.45) is 1.04. The Bertz CT molecular complexity index is 854. The highest BCUT2D eigenvalue weighted by Gasteiger charge is 2.27. The molecule has 0 bridgehead atoms. The monoisotopic (exact) mass is 308 g/mol. The van der Waals surface area contributed by atoms with Crippen LogP contribution >= 0.6 is 0 Å². The summed E-state index contributed by atoms with van der Waals surface area (Å²) in [5, 5.41) is 4.93. The molecular weight excluding hydrogens is 288 g/mol. The Balaban J connectivity index is 1.86. The molecule has 0 fully saturated rings. The van der Waals surface area contributed by atoms with Crippen LogP contribution < -0.4 is 14.8 Å². The number of hydrogen-bond donors (Lipinski definition) is 2. The van der Waals surface area contributed by atoms with Crippen molar-refractivity contribution in [1.29, 1.82) is 0 Å². The van der Waals surface area contributed by atoms with Crippen molar-refractivity contribution in [2.24, 2.45) is 0 Å². The highest BCUT2D eigenvalue weighted by Crippen LogP contribution is 2.38. The molecule has 0 radical (unpaired) electrons. The van der Waals surface area contributed by atoms with Crippen molar-refractivity contribution in [2.75, 3.05) is 20.8 Å². The van der Waals surface area contributed by atoms with E-state index in [9.17, 15) is 0 Å². The second-order valence-corrected chi connectivity index (χ2v) is 5.81. The van der Waals surface area contributed by atoms with Gasteiger partial charge in [0.05, 0.1) is 20.3 Å². The molecule has 2 heterocycles. The normalized spacial score (nSPS) is 17.0. The summed E-state index contributed by atoms with van der Waals surface area (Å²) in [7, 11) is 3.37. The van der Waals surface area contributed by atoms with Crippen LogP contribution in [-0.2, 0) is 6.42 Å². The van der Waals surface area contributed by atoms with Crippen LogP contribution in [0.1, 0.15) is 22.9 Å². The first kappa shape index (κ1) is 14.2. The molecule has 0 amide bonds. The smallest absolute Gasteiger partial charge is 0.127 e. The third-order valence-corrected chi connectivity index (χ3v) is 4.61. The fraction of sp³-hybridized carbons (Fsp3) is 0.263. The molecule has 1 aromatic heterocycles. The number of rotatable bonds is 3. The number of nitrogens with one attached hydrogen (secondary N) is 2. The Hall–Kier alpha value is -2.46. The summed E-state index contributed by atoms with van der Waals surface area (Å²) < 4.78 is 10.9. The van der Waals surface area contributed by atoms with E-state index in [4.69, 9.17) is 9.47 Å². The van der Waals surface area contributed by atoms with Crippen molar-refractivity contribution >= 4 is 10.9 Å². The second-order valence-electron chi connectivity index (χ2n) is 5.81. The maximum absolute atomic E-state index is 5.60.